The Kier molecular flexibility index (Phi) is 4.46. The molecule has 1 saturated heterocycles. The molecular formula is C15H21N3O3S. The van der Waals surface area contributed by atoms with Crippen molar-refractivity contribution in [1.29, 1.82) is 0 Å². The van der Waals surface area contributed by atoms with Crippen molar-refractivity contribution in [3.63, 3.8) is 0 Å². The van der Waals surface area contributed by atoms with Crippen LogP contribution < -0.4 is 0 Å². The third kappa shape index (κ3) is 3.16. The molecule has 1 fully saturated rings. The monoisotopic (exact) mass is 323 g/mol. The molecule has 1 atom stereocenters. The molecule has 6 nitrogen and oxygen atoms in total. The van der Waals surface area contributed by atoms with Crippen LogP contribution in [0.15, 0.2) is 24.3 Å². The van der Waals surface area contributed by atoms with Gasteiger partial charge in [0.2, 0.25) is 10.0 Å². The van der Waals surface area contributed by atoms with Crippen molar-refractivity contribution in [2.75, 3.05) is 32.6 Å². The smallest absolute Gasteiger partial charge is 0.216 e. The van der Waals surface area contributed by atoms with Crippen LogP contribution in [0.2, 0.25) is 0 Å². The summed E-state index contributed by atoms with van der Waals surface area (Å²) in [7, 11) is -1.73. The lowest BCUT2D eigenvalue weighted by molar-refractivity contribution is 0.214. The van der Waals surface area contributed by atoms with Gasteiger partial charge in [-0.25, -0.2) is 17.7 Å². The first-order chi connectivity index (χ1) is 10.6. The molecule has 1 aromatic heterocycles. The zero-order valence-electron chi connectivity index (χ0n) is 12.7. The number of sulfonamides is 1. The zero-order chi connectivity index (χ0) is 15.6. The second-order valence-corrected chi connectivity index (χ2v) is 7.73. The molecule has 0 bridgehead atoms. The maximum absolute atomic E-state index is 12.3. The minimum atomic E-state index is -3.25. The van der Waals surface area contributed by atoms with E-state index in [0.717, 1.165) is 29.7 Å². The molecule has 7 heteroatoms. The van der Waals surface area contributed by atoms with E-state index >= 15 is 0 Å². The highest BCUT2D eigenvalue weighted by molar-refractivity contribution is 7.89. The number of rotatable bonds is 5. The fourth-order valence-electron chi connectivity index (χ4n) is 2.90. The summed E-state index contributed by atoms with van der Waals surface area (Å²) < 4.78 is 31.1. The number of fused-ring (bicyclic) bond motifs is 1. The number of aromatic nitrogens is 2. The maximum atomic E-state index is 12.3. The summed E-state index contributed by atoms with van der Waals surface area (Å²) >= 11 is 0. The molecule has 0 saturated carbocycles. The molecule has 0 amide bonds. The van der Waals surface area contributed by atoms with E-state index in [1.807, 2.05) is 24.3 Å². The van der Waals surface area contributed by atoms with Gasteiger partial charge in [-0.2, -0.15) is 0 Å². The molecule has 0 spiro atoms. The van der Waals surface area contributed by atoms with Crippen LogP contribution in [0.1, 0.15) is 24.6 Å². The van der Waals surface area contributed by atoms with Crippen molar-refractivity contribution in [2.24, 2.45) is 0 Å². The number of aromatic amines is 1. The number of benzene rings is 1. The topological polar surface area (TPSA) is 75.3 Å². The average Bonchev–Trinajstić information content (AvgIpc) is 2.97. The van der Waals surface area contributed by atoms with Crippen LogP contribution in [0.4, 0.5) is 0 Å². The van der Waals surface area contributed by atoms with Gasteiger partial charge in [-0.15, -0.1) is 0 Å². The van der Waals surface area contributed by atoms with Crippen LogP contribution in [-0.2, 0) is 14.8 Å². The minimum Gasteiger partial charge on any atom is -0.384 e. The van der Waals surface area contributed by atoms with Crippen molar-refractivity contribution in [2.45, 2.75) is 18.8 Å². The molecule has 2 heterocycles. The fraction of sp³-hybridized carbons (Fsp3) is 0.533. The molecule has 120 valence electrons. The van der Waals surface area contributed by atoms with Crippen LogP contribution in [0, 0.1) is 0 Å². The van der Waals surface area contributed by atoms with Gasteiger partial charge in [-0.3, -0.25) is 0 Å². The Labute approximate surface area is 130 Å². The van der Waals surface area contributed by atoms with Gasteiger partial charge < -0.3 is 9.72 Å². The van der Waals surface area contributed by atoms with Crippen LogP contribution in [0.5, 0.6) is 0 Å². The van der Waals surface area contributed by atoms with E-state index in [1.165, 1.54) is 7.11 Å². The van der Waals surface area contributed by atoms with Gasteiger partial charge in [0, 0.05) is 26.1 Å². The number of imidazole rings is 1. The molecule has 22 heavy (non-hydrogen) atoms. The fourth-order valence-corrected chi connectivity index (χ4v) is 4.35. The van der Waals surface area contributed by atoms with Gasteiger partial charge in [0.15, 0.2) is 0 Å². The summed E-state index contributed by atoms with van der Waals surface area (Å²) in [5, 5.41) is 0. The van der Waals surface area contributed by atoms with Gasteiger partial charge in [-0.05, 0) is 25.0 Å². The SMILES string of the molecule is COCCS(=O)(=O)N1CCCC(c2nc3ccccc3[nH]2)C1. The van der Waals surface area contributed by atoms with Gasteiger partial charge in [0.25, 0.3) is 0 Å². The van der Waals surface area contributed by atoms with Crippen molar-refractivity contribution in [3.05, 3.63) is 30.1 Å². The van der Waals surface area contributed by atoms with Crippen LogP contribution >= 0.6 is 0 Å². The summed E-state index contributed by atoms with van der Waals surface area (Å²) in [5.41, 5.74) is 1.92. The van der Waals surface area contributed by atoms with E-state index in [-0.39, 0.29) is 18.3 Å². The zero-order valence-corrected chi connectivity index (χ0v) is 13.5. The van der Waals surface area contributed by atoms with Crippen molar-refractivity contribution in [3.8, 4) is 0 Å². The second-order valence-electron chi connectivity index (χ2n) is 5.65. The first-order valence-electron chi connectivity index (χ1n) is 7.51. The largest absolute Gasteiger partial charge is 0.384 e. The highest BCUT2D eigenvalue weighted by Gasteiger charge is 2.30. The van der Waals surface area contributed by atoms with Crippen LogP contribution in [-0.4, -0.2) is 55.3 Å². The summed E-state index contributed by atoms with van der Waals surface area (Å²) in [6.45, 7) is 1.31. The number of nitrogens with one attached hydrogen (secondary N) is 1. The molecule has 3 rings (SSSR count). The third-order valence-electron chi connectivity index (χ3n) is 4.12. The van der Waals surface area contributed by atoms with E-state index in [9.17, 15) is 8.42 Å². The van der Waals surface area contributed by atoms with Gasteiger partial charge in [-0.1, -0.05) is 12.1 Å². The Balaban J connectivity index is 1.78. The van der Waals surface area contributed by atoms with E-state index in [1.54, 1.807) is 4.31 Å². The third-order valence-corrected chi connectivity index (χ3v) is 5.92. The quantitative estimate of drug-likeness (QED) is 0.909. The normalized spacial score (nSPS) is 20.5. The van der Waals surface area contributed by atoms with Crippen LogP contribution in [0.3, 0.4) is 0 Å². The van der Waals surface area contributed by atoms with Crippen molar-refractivity contribution < 1.29 is 13.2 Å². The van der Waals surface area contributed by atoms with Gasteiger partial charge >= 0.3 is 0 Å². The first-order valence-corrected chi connectivity index (χ1v) is 9.12. The van der Waals surface area contributed by atoms with Crippen molar-refractivity contribution in [1.82, 2.24) is 14.3 Å². The summed E-state index contributed by atoms with van der Waals surface area (Å²) in [5.74, 6) is 1.04. The number of para-hydroxylation sites is 2. The molecule has 0 radical (unpaired) electrons. The lowest BCUT2D eigenvalue weighted by atomic mass is 9.99. The molecule has 1 N–H and O–H groups in total. The maximum Gasteiger partial charge on any atom is 0.216 e. The number of methoxy groups -OCH3 is 1. The number of nitrogens with zero attached hydrogens (tertiary/aromatic N) is 2. The highest BCUT2D eigenvalue weighted by atomic mass is 32.2. The molecule has 1 unspecified atom stereocenters. The Hall–Kier alpha value is -1.44. The molecule has 1 aliphatic heterocycles. The lowest BCUT2D eigenvalue weighted by Gasteiger charge is -2.30. The van der Waals surface area contributed by atoms with Crippen LogP contribution in [0.25, 0.3) is 11.0 Å². The predicted octanol–water partition coefficient (Wildman–Crippen LogP) is 1.72. The lowest BCUT2D eigenvalue weighted by Crippen LogP contribution is -2.41. The van der Waals surface area contributed by atoms with Gasteiger partial charge in [0.05, 0.1) is 23.4 Å². The van der Waals surface area contributed by atoms with E-state index < -0.39 is 10.0 Å². The van der Waals surface area contributed by atoms with E-state index in [0.29, 0.717) is 13.1 Å². The predicted molar refractivity (Wildman–Crippen MR) is 85.3 cm³/mol. The number of piperidine rings is 1. The average molecular weight is 323 g/mol. The Bertz CT molecular complexity index is 708. The molecular weight excluding hydrogens is 302 g/mol. The van der Waals surface area contributed by atoms with Crippen molar-refractivity contribution >= 4 is 21.1 Å². The Morgan fingerprint density at radius 1 is 1.41 bits per heavy atom. The van der Waals surface area contributed by atoms with E-state index in [2.05, 4.69) is 9.97 Å². The standard InChI is InChI=1S/C15H21N3O3S/c1-21-9-10-22(19,20)18-8-4-5-12(11-18)15-16-13-6-2-3-7-14(13)17-15/h2-3,6-7,12H,4-5,8-11H2,1H3,(H,16,17). The number of H-pyrrole nitrogens is 1. The summed E-state index contributed by atoms with van der Waals surface area (Å²) in [6.07, 6.45) is 1.81. The summed E-state index contributed by atoms with van der Waals surface area (Å²) in [6, 6.07) is 7.87. The highest BCUT2D eigenvalue weighted by Crippen LogP contribution is 2.28. The molecule has 0 aliphatic carbocycles. The van der Waals surface area contributed by atoms with Gasteiger partial charge in [0.1, 0.15) is 5.82 Å². The number of hydrogen-bond acceptors (Lipinski definition) is 4. The minimum absolute atomic E-state index is 0.0380. The summed E-state index contributed by atoms with van der Waals surface area (Å²) in [4.78, 5) is 7.94. The molecule has 1 aliphatic rings. The second kappa shape index (κ2) is 6.36. The molecule has 1 aromatic carbocycles. The Morgan fingerprint density at radius 3 is 3.00 bits per heavy atom. The molecule has 2 aromatic rings. The number of hydrogen-bond donors (Lipinski definition) is 1. The first kappa shape index (κ1) is 15.5. The van der Waals surface area contributed by atoms with E-state index in [4.69, 9.17) is 4.74 Å². The number of ether oxygens (including phenoxy) is 1. The Morgan fingerprint density at radius 2 is 2.23 bits per heavy atom.